The van der Waals surface area contributed by atoms with Crippen molar-refractivity contribution in [2.24, 2.45) is 5.14 Å². The van der Waals surface area contributed by atoms with Crippen molar-refractivity contribution in [3.63, 3.8) is 0 Å². The van der Waals surface area contributed by atoms with Crippen molar-refractivity contribution in [3.05, 3.63) is 83.4 Å². The Morgan fingerprint density at radius 2 is 1.88 bits per heavy atom. The number of carbonyl (C=O) groups is 1. The Morgan fingerprint density at radius 3 is 2.61 bits per heavy atom. The van der Waals surface area contributed by atoms with Crippen LogP contribution in [0.15, 0.2) is 66.7 Å². The maximum atomic E-state index is 13.4. The van der Waals surface area contributed by atoms with Gasteiger partial charge in [0.25, 0.3) is 5.91 Å². The van der Waals surface area contributed by atoms with Gasteiger partial charge < -0.3 is 15.0 Å². The Kier molecular flexibility index (Phi) is 6.78. The fourth-order valence-electron chi connectivity index (χ4n) is 4.15. The number of ether oxygens (including phenoxy) is 1. The second kappa shape index (κ2) is 9.74. The molecule has 33 heavy (non-hydrogen) atoms. The van der Waals surface area contributed by atoms with Crippen LogP contribution in [0.1, 0.15) is 21.5 Å². The third-order valence-electron chi connectivity index (χ3n) is 5.77. The second-order valence-electron chi connectivity index (χ2n) is 7.95. The summed E-state index contributed by atoms with van der Waals surface area (Å²) < 4.78 is 27.6. The number of nitrogens with one attached hydrogen (secondary N) is 1. The third-order valence-corrected chi connectivity index (χ3v) is 6.54. The normalized spacial score (nSPS) is 13.1. The number of anilines is 1. The van der Waals surface area contributed by atoms with Crippen LogP contribution in [0, 0.1) is 0 Å². The molecule has 1 heterocycles. The molecule has 0 fully saturated rings. The number of carbonyl (C=O) groups excluding carboxylic acids is 1. The highest BCUT2D eigenvalue weighted by Gasteiger charge is 2.28. The van der Waals surface area contributed by atoms with Gasteiger partial charge in [-0.1, -0.05) is 48.5 Å². The van der Waals surface area contributed by atoms with Gasteiger partial charge in [0.15, 0.2) is 0 Å². The Morgan fingerprint density at radius 1 is 1.09 bits per heavy atom. The molecule has 172 valence electrons. The molecule has 0 bridgehead atoms. The average molecular weight is 466 g/mol. The topological polar surface area (TPSA) is 102 Å². The Bertz CT molecular complexity index is 1260. The SMILES string of the molecule is COc1cc(C(=O)N2CCc3c(-c4ccccc4)cccc32)ccc1CNCCS(N)(=O)=O. The summed E-state index contributed by atoms with van der Waals surface area (Å²) in [5.74, 6) is 0.345. The fourth-order valence-corrected chi connectivity index (χ4v) is 4.58. The van der Waals surface area contributed by atoms with E-state index in [0.29, 0.717) is 24.4 Å². The maximum Gasteiger partial charge on any atom is 0.258 e. The Hall–Kier alpha value is -3.20. The number of rotatable bonds is 8. The number of nitrogens with two attached hydrogens (primary N) is 1. The van der Waals surface area contributed by atoms with Crippen LogP contribution in [0.4, 0.5) is 5.69 Å². The number of hydrogen-bond acceptors (Lipinski definition) is 5. The van der Waals surface area contributed by atoms with Gasteiger partial charge in [-0.25, -0.2) is 13.6 Å². The summed E-state index contributed by atoms with van der Waals surface area (Å²) >= 11 is 0. The van der Waals surface area contributed by atoms with Crippen LogP contribution < -0.4 is 20.1 Å². The quantitative estimate of drug-likeness (QED) is 0.498. The lowest BCUT2D eigenvalue weighted by molar-refractivity contribution is 0.0989. The molecule has 3 aromatic carbocycles. The summed E-state index contributed by atoms with van der Waals surface area (Å²) in [5.41, 5.74) is 5.79. The van der Waals surface area contributed by atoms with E-state index < -0.39 is 10.0 Å². The van der Waals surface area contributed by atoms with Crippen LogP contribution in [-0.2, 0) is 23.0 Å². The number of hydrogen-bond donors (Lipinski definition) is 2. The standard InChI is InChI=1S/C25H27N3O4S/c1-32-24-16-19(10-11-20(24)17-27-13-15-33(26,30)31)25(29)28-14-12-22-21(8-5-9-23(22)28)18-6-3-2-4-7-18/h2-11,16,27H,12-15,17H2,1H3,(H2,26,30,31). The summed E-state index contributed by atoms with van der Waals surface area (Å²) in [6.07, 6.45) is 0.801. The number of nitrogens with zero attached hydrogens (tertiary/aromatic N) is 1. The van der Waals surface area contributed by atoms with Crippen molar-refractivity contribution >= 4 is 21.6 Å². The smallest absolute Gasteiger partial charge is 0.258 e. The first-order valence-electron chi connectivity index (χ1n) is 10.7. The van der Waals surface area contributed by atoms with Crippen LogP contribution >= 0.6 is 0 Å². The summed E-state index contributed by atoms with van der Waals surface area (Å²) in [7, 11) is -1.96. The molecule has 0 saturated heterocycles. The summed E-state index contributed by atoms with van der Waals surface area (Å²) in [6.45, 7) is 1.26. The van der Waals surface area contributed by atoms with Crippen molar-refractivity contribution < 1.29 is 17.9 Å². The zero-order chi connectivity index (χ0) is 23.4. The van der Waals surface area contributed by atoms with E-state index in [4.69, 9.17) is 9.88 Å². The van der Waals surface area contributed by atoms with Crippen LogP contribution in [0.25, 0.3) is 11.1 Å². The van der Waals surface area contributed by atoms with E-state index in [1.54, 1.807) is 19.2 Å². The molecule has 1 aliphatic rings. The predicted molar refractivity (Wildman–Crippen MR) is 130 cm³/mol. The van der Waals surface area contributed by atoms with E-state index in [1.165, 1.54) is 5.56 Å². The van der Waals surface area contributed by atoms with Crippen LogP contribution in [0.3, 0.4) is 0 Å². The minimum absolute atomic E-state index is 0.0778. The number of methoxy groups -OCH3 is 1. The van der Waals surface area contributed by atoms with E-state index in [-0.39, 0.29) is 18.2 Å². The van der Waals surface area contributed by atoms with Gasteiger partial charge in [0, 0.05) is 36.4 Å². The first-order chi connectivity index (χ1) is 15.9. The van der Waals surface area contributed by atoms with Crippen molar-refractivity contribution in [1.29, 1.82) is 0 Å². The molecule has 8 heteroatoms. The summed E-state index contributed by atoms with van der Waals surface area (Å²) in [5, 5.41) is 8.06. The minimum Gasteiger partial charge on any atom is -0.496 e. The van der Waals surface area contributed by atoms with Crippen molar-refractivity contribution in [2.75, 3.05) is 30.9 Å². The Labute approximate surface area is 194 Å². The molecular weight excluding hydrogens is 438 g/mol. The summed E-state index contributed by atoms with van der Waals surface area (Å²) in [4.78, 5) is 15.2. The van der Waals surface area contributed by atoms with Crippen LogP contribution in [0.2, 0.25) is 0 Å². The van der Waals surface area contributed by atoms with E-state index in [2.05, 4.69) is 23.5 Å². The number of sulfonamides is 1. The molecule has 3 aromatic rings. The number of amides is 1. The van der Waals surface area contributed by atoms with Gasteiger partial charge in [0.1, 0.15) is 5.75 Å². The molecule has 0 atom stereocenters. The van der Waals surface area contributed by atoms with Gasteiger partial charge in [0.2, 0.25) is 10.0 Å². The van der Waals surface area contributed by atoms with E-state index in [9.17, 15) is 13.2 Å². The Balaban J connectivity index is 1.53. The molecule has 0 unspecified atom stereocenters. The van der Waals surface area contributed by atoms with Crippen molar-refractivity contribution in [3.8, 4) is 16.9 Å². The predicted octanol–water partition coefficient (Wildman–Crippen LogP) is 2.94. The van der Waals surface area contributed by atoms with Crippen LogP contribution in [-0.4, -0.2) is 40.3 Å². The van der Waals surface area contributed by atoms with Gasteiger partial charge in [-0.3, -0.25) is 4.79 Å². The first-order valence-corrected chi connectivity index (χ1v) is 12.5. The highest BCUT2D eigenvalue weighted by molar-refractivity contribution is 7.89. The molecule has 0 saturated carbocycles. The van der Waals surface area contributed by atoms with Gasteiger partial charge in [0.05, 0.1) is 12.9 Å². The molecule has 4 rings (SSSR count). The van der Waals surface area contributed by atoms with Gasteiger partial charge >= 0.3 is 0 Å². The molecule has 0 spiro atoms. The zero-order valence-electron chi connectivity index (χ0n) is 18.5. The average Bonchev–Trinajstić information content (AvgIpc) is 3.25. The number of fused-ring (bicyclic) bond motifs is 1. The van der Waals surface area contributed by atoms with Gasteiger partial charge in [-0.2, -0.15) is 0 Å². The molecule has 0 aliphatic carbocycles. The summed E-state index contributed by atoms with van der Waals surface area (Å²) in [6, 6.07) is 21.6. The fraction of sp³-hybridized carbons (Fsp3) is 0.240. The van der Waals surface area contributed by atoms with Gasteiger partial charge in [-0.05, 0) is 41.3 Å². The maximum absolute atomic E-state index is 13.4. The lowest BCUT2D eigenvalue weighted by Crippen LogP contribution is -2.29. The van der Waals surface area contributed by atoms with Crippen LogP contribution in [0.5, 0.6) is 5.75 Å². The number of benzene rings is 3. The molecular formula is C25H27N3O4S. The van der Waals surface area contributed by atoms with Gasteiger partial charge in [-0.15, -0.1) is 0 Å². The molecule has 7 nitrogen and oxygen atoms in total. The molecule has 1 aliphatic heterocycles. The van der Waals surface area contributed by atoms with E-state index >= 15 is 0 Å². The highest BCUT2D eigenvalue weighted by Crippen LogP contribution is 2.37. The molecule has 3 N–H and O–H groups in total. The molecule has 0 aromatic heterocycles. The third kappa shape index (κ3) is 5.24. The largest absolute Gasteiger partial charge is 0.496 e. The molecule has 1 amide bonds. The minimum atomic E-state index is -3.51. The van der Waals surface area contributed by atoms with E-state index in [0.717, 1.165) is 28.8 Å². The highest BCUT2D eigenvalue weighted by atomic mass is 32.2. The van der Waals surface area contributed by atoms with E-state index in [1.807, 2.05) is 41.3 Å². The van der Waals surface area contributed by atoms with Crippen molar-refractivity contribution in [2.45, 2.75) is 13.0 Å². The number of primary sulfonamides is 1. The first kappa shape index (κ1) is 23.0. The zero-order valence-corrected chi connectivity index (χ0v) is 19.3. The second-order valence-corrected chi connectivity index (χ2v) is 9.68. The lowest BCUT2D eigenvalue weighted by Gasteiger charge is -2.19. The monoisotopic (exact) mass is 465 g/mol. The van der Waals surface area contributed by atoms with Crippen molar-refractivity contribution in [1.82, 2.24) is 5.32 Å². The molecule has 0 radical (unpaired) electrons. The lowest BCUT2D eigenvalue weighted by atomic mass is 9.98.